The SMILES string of the molecule is CCCCOC(Oc1ccc(C(C)CC)cc1)C(C)C. The first-order chi connectivity index (χ1) is 9.58. The Kier molecular flexibility index (Phi) is 7.68. The second-order valence-corrected chi connectivity index (χ2v) is 5.83. The molecule has 2 heteroatoms. The molecule has 0 aliphatic heterocycles. The molecule has 0 bridgehead atoms. The smallest absolute Gasteiger partial charge is 0.202 e. The summed E-state index contributed by atoms with van der Waals surface area (Å²) in [6.45, 7) is 11.7. The summed E-state index contributed by atoms with van der Waals surface area (Å²) in [6, 6.07) is 8.43. The van der Waals surface area contributed by atoms with E-state index in [1.54, 1.807) is 0 Å². The van der Waals surface area contributed by atoms with Gasteiger partial charge in [0.05, 0.1) is 6.61 Å². The van der Waals surface area contributed by atoms with Crippen molar-refractivity contribution >= 4 is 0 Å². The summed E-state index contributed by atoms with van der Waals surface area (Å²) in [5, 5.41) is 0. The largest absolute Gasteiger partial charge is 0.465 e. The van der Waals surface area contributed by atoms with Crippen LogP contribution in [0.4, 0.5) is 0 Å². The lowest BCUT2D eigenvalue weighted by Gasteiger charge is -2.23. The van der Waals surface area contributed by atoms with Crippen LogP contribution in [0.1, 0.15) is 65.4 Å². The molecule has 1 rings (SSSR count). The lowest BCUT2D eigenvalue weighted by Crippen LogP contribution is -2.27. The second-order valence-electron chi connectivity index (χ2n) is 5.83. The minimum Gasteiger partial charge on any atom is -0.465 e. The average molecular weight is 278 g/mol. The number of hydrogen-bond donors (Lipinski definition) is 0. The van der Waals surface area contributed by atoms with Crippen LogP contribution in [0.15, 0.2) is 24.3 Å². The minimum absolute atomic E-state index is 0.156. The number of ether oxygens (including phenoxy) is 2. The summed E-state index contributed by atoms with van der Waals surface area (Å²) in [4.78, 5) is 0. The number of hydrogen-bond acceptors (Lipinski definition) is 2. The highest BCUT2D eigenvalue weighted by Gasteiger charge is 2.15. The van der Waals surface area contributed by atoms with Crippen LogP contribution in [0.25, 0.3) is 0 Å². The van der Waals surface area contributed by atoms with E-state index in [1.807, 2.05) is 0 Å². The first-order valence-electron chi connectivity index (χ1n) is 7.96. The average Bonchev–Trinajstić information content (AvgIpc) is 2.46. The molecule has 0 radical (unpaired) electrons. The fourth-order valence-corrected chi connectivity index (χ4v) is 1.95. The molecule has 1 aromatic carbocycles. The van der Waals surface area contributed by atoms with Crippen molar-refractivity contribution < 1.29 is 9.47 Å². The molecule has 0 fully saturated rings. The number of rotatable bonds is 9. The van der Waals surface area contributed by atoms with Gasteiger partial charge in [0.1, 0.15) is 5.75 Å². The Morgan fingerprint density at radius 3 is 2.15 bits per heavy atom. The maximum absolute atomic E-state index is 5.97. The van der Waals surface area contributed by atoms with E-state index in [9.17, 15) is 0 Å². The van der Waals surface area contributed by atoms with E-state index in [1.165, 1.54) is 5.56 Å². The molecule has 0 heterocycles. The monoisotopic (exact) mass is 278 g/mol. The van der Waals surface area contributed by atoms with Gasteiger partial charge in [-0.15, -0.1) is 0 Å². The molecule has 0 amide bonds. The predicted molar refractivity (Wildman–Crippen MR) is 85.3 cm³/mol. The lowest BCUT2D eigenvalue weighted by atomic mass is 9.99. The summed E-state index contributed by atoms with van der Waals surface area (Å²) >= 11 is 0. The van der Waals surface area contributed by atoms with Crippen LogP contribution in [0, 0.1) is 5.92 Å². The van der Waals surface area contributed by atoms with Crippen molar-refractivity contribution in [2.24, 2.45) is 5.92 Å². The summed E-state index contributed by atoms with van der Waals surface area (Å²) in [5.41, 5.74) is 1.37. The Morgan fingerprint density at radius 1 is 1.00 bits per heavy atom. The van der Waals surface area contributed by atoms with Crippen LogP contribution >= 0.6 is 0 Å². The first-order valence-corrected chi connectivity index (χ1v) is 7.96. The molecule has 0 N–H and O–H groups in total. The zero-order chi connectivity index (χ0) is 15.0. The van der Waals surface area contributed by atoms with Gasteiger partial charge < -0.3 is 9.47 Å². The Bertz CT molecular complexity index is 356. The minimum atomic E-state index is -0.156. The van der Waals surface area contributed by atoms with Gasteiger partial charge in [0.15, 0.2) is 0 Å². The molecule has 1 aromatic rings. The van der Waals surface area contributed by atoms with Crippen LogP contribution in [0.3, 0.4) is 0 Å². The molecule has 0 aromatic heterocycles. The van der Waals surface area contributed by atoms with Gasteiger partial charge in [0.25, 0.3) is 0 Å². The van der Waals surface area contributed by atoms with Crippen molar-refractivity contribution in [2.45, 2.75) is 66.1 Å². The van der Waals surface area contributed by atoms with Gasteiger partial charge in [-0.2, -0.15) is 0 Å². The van der Waals surface area contributed by atoms with Crippen molar-refractivity contribution in [2.75, 3.05) is 6.61 Å². The van der Waals surface area contributed by atoms with Crippen LogP contribution in [-0.2, 0) is 4.74 Å². The predicted octanol–water partition coefficient (Wildman–Crippen LogP) is 5.38. The van der Waals surface area contributed by atoms with Crippen molar-refractivity contribution in [1.82, 2.24) is 0 Å². The topological polar surface area (TPSA) is 18.5 Å². The summed E-state index contributed by atoms with van der Waals surface area (Å²) < 4.78 is 11.8. The van der Waals surface area contributed by atoms with E-state index in [2.05, 4.69) is 58.9 Å². The van der Waals surface area contributed by atoms with Gasteiger partial charge in [-0.3, -0.25) is 0 Å². The van der Waals surface area contributed by atoms with E-state index < -0.39 is 0 Å². The maximum Gasteiger partial charge on any atom is 0.202 e. The van der Waals surface area contributed by atoms with Crippen LogP contribution in [0.5, 0.6) is 5.75 Å². The van der Waals surface area contributed by atoms with Crippen LogP contribution < -0.4 is 4.74 Å². The molecule has 20 heavy (non-hydrogen) atoms. The molecular formula is C18H30O2. The molecule has 0 aliphatic carbocycles. The standard InChI is InChI=1S/C18H30O2/c1-6-8-13-19-18(14(3)4)20-17-11-9-16(10-12-17)15(5)7-2/h9-12,14-15,18H,6-8,13H2,1-5H3. The van der Waals surface area contributed by atoms with E-state index in [-0.39, 0.29) is 6.29 Å². The second kappa shape index (κ2) is 9.02. The fourth-order valence-electron chi connectivity index (χ4n) is 1.95. The van der Waals surface area contributed by atoms with Gasteiger partial charge in [-0.1, -0.05) is 53.2 Å². The Labute approximate surface area is 124 Å². The van der Waals surface area contributed by atoms with Crippen molar-refractivity contribution in [3.8, 4) is 5.75 Å². The van der Waals surface area contributed by atoms with Crippen molar-refractivity contribution in [3.05, 3.63) is 29.8 Å². The Balaban J connectivity index is 2.59. The van der Waals surface area contributed by atoms with Gasteiger partial charge in [0, 0.05) is 5.92 Å². The molecule has 2 atom stereocenters. The van der Waals surface area contributed by atoms with Crippen molar-refractivity contribution in [1.29, 1.82) is 0 Å². The normalized spacial score (nSPS) is 14.3. The Hall–Kier alpha value is -1.02. The summed E-state index contributed by atoms with van der Waals surface area (Å²) in [7, 11) is 0. The lowest BCUT2D eigenvalue weighted by molar-refractivity contribution is -0.108. The molecule has 0 spiro atoms. The highest BCUT2D eigenvalue weighted by molar-refractivity contribution is 5.29. The molecule has 2 nitrogen and oxygen atoms in total. The number of benzene rings is 1. The summed E-state index contributed by atoms with van der Waals surface area (Å²) in [5.74, 6) is 1.85. The summed E-state index contributed by atoms with van der Waals surface area (Å²) in [6.07, 6.45) is 3.24. The molecule has 2 unspecified atom stereocenters. The zero-order valence-electron chi connectivity index (χ0n) is 13.7. The van der Waals surface area contributed by atoms with E-state index in [0.717, 1.165) is 31.6 Å². The van der Waals surface area contributed by atoms with E-state index in [0.29, 0.717) is 11.8 Å². The molecule has 0 aliphatic rings. The number of unbranched alkanes of at least 4 members (excludes halogenated alkanes) is 1. The molecule has 114 valence electrons. The van der Waals surface area contributed by atoms with Gasteiger partial charge in [0.2, 0.25) is 6.29 Å². The quantitative estimate of drug-likeness (QED) is 0.446. The van der Waals surface area contributed by atoms with E-state index >= 15 is 0 Å². The first kappa shape index (κ1) is 17.0. The highest BCUT2D eigenvalue weighted by Crippen LogP contribution is 2.23. The van der Waals surface area contributed by atoms with Crippen LogP contribution in [0.2, 0.25) is 0 Å². The third-order valence-corrected chi connectivity index (χ3v) is 3.64. The fraction of sp³-hybridized carbons (Fsp3) is 0.667. The van der Waals surface area contributed by atoms with E-state index in [4.69, 9.17) is 9.47 Å². The maximum atomic E-state index is 5.97. The van der Waals surface area contributed by atoms with Crippen molar-refractivity contribution in [3.63, 3.8) is 0 Å². The molecule has 0 saturated heterocycles. The third kappa shape index (κ3) is 5.54. The Morgan fingerprint density at radius 2 is 1.65 bits per heavy atom. The molecular weight excluding hydrogens is 248 g/mol. The third-order valence-electron chi connectivity index (χ3n) is 3.64. The molecule has 0 saturated carbocycles. The van der Waals surface area contributed by atoms with Gasteiger partial charge >= 0.3 is 0 Å². The highest BCUT2D eigenvalue weighted by atomic mass is 16.7. The zero-order valence-corrected chi connectivity index (χ0v) is 13.7. The van der Waals surface area contributed by atoms with Gasteiger partial charge in [-0.25, -0.2) is 0 Å². The van der Waals surface area contributed by atoms with Gasteiger partial charge in [-0.05, 0) is 36.5 Å². The van der Waals surface area contributed by atoms with Crippen LogP contribution in [-0.4, -0.2) is 12.9 Å².